The van der Waals surface area contributed by atoms with Crippen LogP contribution in [0.1, 0.15) is 37.0 Å². The number of benzene rings is 2. The van der Waals surface area contributed by atoms with Crippen LogP contribution in [0.2, 0.25) is 0 Å². The summed E-state index contributed by atoms with van der Waals surface area (Å²) in [5, 5.41) is 18.6. The summed E-state index contributed by atoms with van der Waals surface area (Å²) in [6.07, 6.45) is 2.97. The minimum Gasteiger partial charge on any atom is -0.393 e. The molecule has 1 saturated heterocycles. The third-order valence-electron chi connectivity index (χ3n) is 5.13. The first-order valence-electron chi connectivity index (χ1n) is 8.89. The predicted octanol–water partition coefficient (Wildman–Crippen LogP) is 3.41. The zero-order valence-corrected chi connectivity index (χ0v) is 14.4. The van der Waals surface area contributed by atoms with Crippen LogP contribution < -0.4 is 0 Å². The summed E-state index contributed by atoms with van der Waals surface area (Å²) in [6, 6.07) is 17.2. The van der Waals surface area contributed by atoms with Crippen molar-refractivity contribution in [3.63, 3.8) is 0 Å². The molecule has 0 saturated carbocycles. The topological polar surface area (TPSA) is 43.7 Å². The van der Waals surface area contributed by atoms with E-state index in [4.69, 9.17) is 5.11 Å². The van der Waals surface area contributed by atoms with Gasteiger partial charge in [-0.1, -0.05) is 48.5 Å². The van der Waals surface area contributed by atoms with Crippen LogP contribution in [0.3, 0.4) is 0 Å². The van der Waals surface area contributed by atoms with Crippen molar-refractivity contribution in [1.29, 1.82) is 0 Å². The maximum atomic E-state index is 9.64. The molecule has 2 aromatic carbocycles. The molecule has 1 fully saturated rings. The van der Waals surface area contributed by atoms with Crippen LogP contribution in [0.5, 0.6) is 0 Å². The smallest absolute Gasteiger partial charge is 0.102 e. The van der Waals surface area contributed by atoms with Crippen molar-refractivity contribution in [2.45, 2.75) is 38.3 Å². The second-order valence-corrected chi connectivity index (χ2v) is 6.79. The van der Waals surface area contributed by atoms with E-state index in [0.717, 1.165) is 30.1 Å². The van der Waals surface area contributed by atoms with Gasteiger partial charge in [0.25, 0.3) is 0 Å². The molecule has 0 aromatic heterocycles. The van der Waals surface area contributed by atoms with Crippen LogP contribution in [0.15, 0.2) is 48.5 Å². The Bertz CT molecular complexity index is 636. The lowest BCUT2D eigenvalue weighted by molar-refractivity contribution is 0.0956. The van der Waals surface area contributed by atoms with Crippen molar-refractivity contribution in [3.8, 4) is 11.1 Å². The largest absolute Gasteiger partial charge is 0.393 e. The molecule has 128 valence electrons. The van der Waals surface area contributed by atoms with Gasteiger partial charge in [0.15, 0.2) is 0 Å². The Morgan fingerprint density at radius 3 is 2.21 bits per heavy atom. The monoisotopic (exact) mass is 325 g/mol. The summed E-state index contributed by atoms with van der Waals surface area (Å²) in [7, 11) is 0. The number of hydrogen-bond acceptors (Lipinski definition) is 3. The number of aliphatic hydroxyl groups excluding tert-OH is 2. The van der Waals surface area contributed by atoms with Crippen molar-refractivity contribution < 1.29 is 10.2 Å². The number of aliphatic hydroxyl groups is 2. The highest BCUT2D eigenvalue weighted by Crippen LogP contribution is 2.23. The molecule has 3 heteroatoms. The average Bonchev–Trinajstić information content (AvgIpc) is 3.05. The second-order valence-electron chi connectivity index (χ2n) is 6.79. The van der Waals surface area contributed by atoms with Crippen LogP contribution in [-0.2, 0) is 6.42 Å². The summed E-state index contributed by atoms with van der Waals surface area (Å²) in [5.74, 6) is 0. The molecule has 2 atom stereocenters. The maximum Gasteiger partial charge on any atom is 0.102 e. The lowest BCUT2D eigenvalue weighted by Crippen LogP contribution is -2.28. The molecule has 1 aliphatic rings. The summed E-state index contributed by atoms with van der Waals surface area (Å²) in [5.41, 5.74) is 4.43. The van der Waals surface area contributed by atoms with Crippen LogP contribution in [0.25, 0.3) is 11.1 Å². The van der Waals surface area contributed by atoms with Crippen molar-refractivity contribution in [3.05, 3.63) is 59.7 Å². The first-order valence-corrected chi connectivity index (χ1v) is 8.89. The number of hydrogen-bond donors (Lipinski definition) is 2. The normalized spacial score (nSPS) is 19.5. The number of likely N-dealkylation sites (tertiary alicyclic amines) is 1. The molecule has 0 aliphatic carbocycles. The number of nitrogens with zero attached hydrogens (tertiary/aromatic N) is 1. The summed E-state index contributed by atoms with van der Waals surface area (Å²) < 4.78 is 0. The predicted molar refractivity (Wildman–Crippen MR) is 97.9 cm³/mol. The van der Waals surface area contributed by atoms with Crippen LogP contribution in [0, 0.1) is 0 Å². The van der Waals surface area contributed by atoms with E-state index in [1.54, 1.807) is 0 Å². The van der Waals surface area contributed by atoms with Gasteiger partial charge in [-0.05, 0) is 55.0 Å². The van der Waals surface area contributed by atoms with Crippen LogP contribution in [0.4, 0.5) is 0 Å². The van der Waals surface area contributed by atoms with Crippen molar-refractivity contribution >= 4 is 0 Å². The molecule has 0 amide bonds. The zero-order chi connectivity index (χ0) is 16.9. The van der Waals surface area contributed by atoms with Gasteiger partial charge in [-0.25, -0.2) is 0 Å². The molecule has 3 nitrogen and oxygen atoms in total. The SMILES string of the molecule is C[C@@H]1CCCN1CCc1ccc(-c2ccc(C(O)CO)cc2)cc1. The Morgan fingerprint density at radius 1 is 1.04 bits per heavy atom. The highest BCUT2D eigenvalue weighted by Gasteiger charge is 2.19. The van der Waals surface area contributed by atoms with Gasteiger partial charge in [0, 0.05) is 12.6 Å². The average molecular weight is 325 g/mol. The molecule has 0 radical (unpaired) electrons. The van der Waals surface area contributed by atoms with E-state index in [0.29, 0.717) is 0 Å². The van der Waals surface area contributed by atoms with Gasteiger partial charge >= 0.3 is 0 Å². The van der Waals surface area contributed by atoms with Crippen molar-refractivity contribution in [2.24, 2.45) is 0 Å². The highest BCUT2D eigenvalue weighted by molar-refractivity contribution is 5.64. The molecule has 1 aliphatic heterocycles. The quantitative estimate of drug-likeness (QED) is 0.855. The van der Waals surface area contributed by atoms with E-state index in [9.17, 15) is 5.11 Å². The molecule has 0 spiro atoms. The first kappa shape index (κ1) is 17.2. The minimum atomic E-state index is -0.797. The van der Waals surface area contributed by atoms with Crippen LogP contribution >= 0.6 is 0 Å². The maximum absolute atomic E-state index is 9.64. The standard InChI is InChI=1S/C21H27NO2/c1-16-3-2-13-22(16)14-12-17-4-6-18(7-5-17)19-8-10-20(11-9-19)21(24)15-23/h4-11,16,21,23-24H,2-3,12-15H2,1H3/t16-,21?/m1/s1. The molecule has 2 aromatic rings. The molecule has 3 rings (SSSR count). The van der Waals surface area contributed by atoms with Crippen molar-refractivity contribution in [1.82, 2.24) is 4.90 Å². The molecular formula is C21H27NO2. The van der Waals surface area contributed by atoms with E-state index in [1.807, 2.05) is 24.3 Å². The van der Waals surface area contributed by atoms with Gasteiger partial charge in [-0.2, -0.15) is 0 Å². The zero-order valence-electron chi connectivity index (χ0n) is 14.4. The Balaban J connectivity index is 1.61. The Morgan fingerprint density at radius 2 is 1.67 bits per heavy atom. The molecule has 1 unspecified atom stereocenters. The fraction of sp³-hybridized carbons (Fsp3) is 0.429. The lowest BCUT2D eigenvalue weighted by atomic mass is 10.0. The lowest BCUT2D eigenvalue weighted by Gasteiger charge is -2.20. The third kappa shape index (κ3) is 4.04. The third-order valence-corrected chi connectivity index (χ3v) is 5.13. The molecule has 0 bridgehead atoms. The summed E-state index contributed by atoms with van der Waals surface area (Å²) in [6.45, 7) is 4.47. The second kappa shape index (κ2) is 7.93. The van der Waals surface area contributed by atoms with E-state index in [1.165, 1.54) is 30.5 Å². The number of rotatable bonds is 6. The molecule has 24 heavy (non-hydrogen) atoms. The van der Waals surface area contributed by atoms with Crippen molar-refractivity contribution in [2.75, 3.05) is 19.7 Å². The van der Waals surface area contributed by atoms with Gasteiger partial charge in [-0.3, -0.25) is 0 Å². The van der Waals surface area contributed by atoms with Gasteiger partial charge in [0.1, 0.15) is 6.10 Å². The molecule has 1 heterocycles. The van der Waals surface area contributed by atoms with E-state index in [-0.39, 0.29) is 6.61 Å². The summed E-state index contributed by atoms with van der Waals surface area (Å²) in [4.78, 5) is 2.58. The Kier molecular flexibility index (Phi) is 5.67. The van der Waals surface area contributed by atoms with Gasteiger partial charge in [0.05, 0.1) is 6.61 Å². The summed E-state index contributed by atoms with van der Waals surface area (Å²) >= 11 is 0. The van der Waals surface area contributed by atoms with Gasteiger partial charge in [-0.15, -0.1) is 0 Å². The molecular weight excluding hydrogens is 298 g/mol. The van der Waals surface area contributed by atoms with Gasteiger partial charge in [0.2, 0.25) is 0 Å². The van der Waals surface area contributed by atoms with E-state index >= 15 is 0 Å². The fourth-order valence-electron chi connectivity index (χ4n) is 3.46. The van der Waals surface area contributed by atoms with Gasteiger partial charge < -0.3 is 15.1 Å². The first-order chi connectivity index (χ1) is 11.7. The highest BCUT2D eigenvalue weighted by atomic mass is 16.3. The Labute approximate surface area is 144 Å². The fourth-order valence-corrected chi connectivity index (χ4v) is 3.46. The molecule has 2 N–H and O–H groups in total. The van der Waals surface area contributed by atoms with E-state index in [2.05, 4.69) is 36.1 Å². The van der Waals surface area contributed by atoms with E-state index < -0.39 is 6.10 Å². The Hall–Kier alpha value is -1.68. The van der Waals surface area contributed by atoms with Crippen LogP contribution in [-0.4, -0.2) is 40.9 Å². The minimum absolute atomic E-state index is 0.246.